The average molecular weight is 280 g/mol. The van der Waals surface area contributed by atoms with Crippen LogP contribution in [-0.4, -0.2) is 4.57 Å². The van der Waals surface area contributed by atoms with Gasteiger partial charge in [-0.3, -0.25) is 0 Å². The number of hydrogen-bond acceptors (Lipinski definition) is 0. The Morgan fingerprint density at radius 1 is 1.19 bits per heavy atom. The Kier molecular flexibility index (Phi) is 3.70. The van der Waals surface area contributed by atoms with Crippen LogP contribution in [0.3, 0.4) is 0 Å². The summed E-state index contributed by atoms with van der Waals surface area (Å²) in [7, 11) is 0. The molecule has 0 radical (unpaired) electrons. The van der Waals surface area contributed by atoms with Gasteiger partial charge < -0.3 is 4.57 Å². The summed E-state index contributed by atoms with van der Waals surface area (Å²) >= 11 is 3.54. The molecule has 1 aromatic heterocycles. The highest BCUT2D eigenvalue weighted by molar-refractivity contribution is 9.10. The van der Waals surface area contributed by atoms with E-state index in [1.165, 1.54) is 23.7 Å². The Morgan fingerprint density at radius 2 is 1.94 bits per heavy atom. The molecule has 0 aliphatic carbocycles. The molecule has 0 spiro atoms. The third kappa shape index (κ3) is 2.32. The van der Waals surface area contributed by atoms with Crippen molar-refractivity contribution >= 4 is 26.8 Å². The van der Waals surface area contributed by atoms with Crippen LogP contribution >= 0.6 is 15.9 Å². The van der Waals surface area contributed by atoms with Crippen molar-refractivity contribution in [2.75, 3.05) is 0 Å². The molecule has 0 saturated carbocycles. The van der Waals surface area contributed by atoms with Gasteiger partial charge in [-0.1, -0.05) is 48.7 Å². The standard InChI is InChI=1S/C14H18BrN/c1-3-11(4-2)10-16-8-7-12-5-6-13(15)9-14(12)16/h5-9,11H,3-4,10H2,1-2H3. The van der Waals surface area contributed by atoms with E-state index in [4.69, 9.17) is 0 Å². The molecule has 0 unspecified atom stereocenters. The van der Waals surface area contributed by atoms with Crippen LogP contribution in [0.2, 0.25) is 0 Å². The predicted molar refractivity (Wildman–Crippen MR) is 73.7 cm³/mol. The fourth-order valence-electron chi connectivity index (χ4n) is 2.14. The summed E-state index contributed by atoms with van der Waals surface area (Å²) < 4.78 is 3.53. The van der Waals surface area contributed by atoms with E-state index < -0.39 is 0 Å². The van der Waals surface area contributed by atoms with Crippen LogP contribution in [0.1, 0.15) is 26.7 Å². The number of aromatic nitrogens is 1. The molecule has 0 saturated heterocycles. The van der Waals surface area contributed by atoms with Gasteiger partial charge in [0.2, 0.25) is 0 Å². The second kappa shape index (κ2) is 5.05. The van der Waals surface area contributed by atoms with Crippen LogP contribution in [0.5, 0.6) is 0 Å². The van der Waals surface area contributed by atoms with E-state index in [1.54, 1.807) is 0 Å². The van der Waals surface area contributed by atoms with Crippen LogP contribution in [0.15, 0.2) is 34.9 Å². The first-order chi connectivity index (χ1) is 7.74. The van der Waals surface area contributed by atoms with E-state index in [-0.39, 0.29) is 0 Å². The molecule has 0 fully saturated rings. The quantitative estimate of drug-likeness (QED) is 0.755. The zero-order valence-corrected chi connectivity index (χ0v) is 11.5. The topological polar surface area (TPSA) is 4.93 Å². The Bertz CT molecular complexity index is 469. The van der Waals surface area contributed by atoms with E-state index in [2.05, 4.69) is 64.8 Å². The van der Waals surface area contributed by atoms with Crippen LogP contribution in [0, 0.1) is 5.92 Å². The van der Waals surface area contributed by atoms with E-state index in [9.17, 15) is 0 Å². The highest BCUT2D eigenvalue weighted by Gasteiger charge is 2.07. The lowest BCUT2D eigenvalue weighted by molar-refractivity contribution is 0.425. The fourth-order valence-corrected chi connectivity index (χ4v) is 2.49. The average Bonchev–Trinajstić information content (AvgIpc) is 2.68. The summed E-state index contributed by atoms with van der Waals surface area (Å²) in [6.07, 6.45) is 4.71. The molecular weight excluding hydrogens is 262 g/mol. The molecule has 1 nitrogen and oxygen atoms in total. The minimum Gasteiger partial charge on any atom is -0.347 e. The van der Waals surface area contributed by atoms with Gasteiger partial charge in [-0.05, 0) is 29.5 Å². The largest absolute Gasteiger partial charge is 0.347 e. The first-order valence-electron chi connectivity index (χ1n) is 5.99. The van der Waals surface area contributed by atoms with Crippen molar-refractivity contribution in [3.63, 3.8) is 0 Å². The maximum atomic E-state index is 3.54. The van der Waals surface area contributed by atoms with Gasteiger partial charge in [-0.15, -0.1) is 0 Å². The Labute approximate surface area is 106 Å². The third-order valence-corrected chi connectivity index (χ3v) is 3.84. The highest BCUT2D eigenvalue weighted by atomic mass is 79.9. The summed E-state index contributed by atoms with van der Waals surface area (Å²) in [5.74, 6) is 0.787. The molecular formula is C14H18BrN. The number of benzene rings is 1. The van der Waals surface area contributed by atoms with E-state index >= 15 is 0 Å². The van der Waals surface area contributed by atoms with Crippen molar-refractivity contribution in [3.8, 4) is 0 Å². The summed E-state index contributed by atoms with van der Waals surface area (Å²) in [5, 5.41) is 1.33. The molecule has 1 aromatic carbocycles. The number of hydrogen-bond donors (Lipinski definition) is 0. The van der Waals surface area contributed by atoms with Gasteiger partial charge >= 0.3 is 0 Å². The van der Waals surface area contributed by atoms with Crippen molar-refractivity contribution < 1.29 is 0 Å². The Balaban J connectivity index is 2.33. The molecule has 0 aliphatic heterocycles. The smallest absolute Gasteiger partial charge is 0.0491 e. The molecule has 0 bridgehead atoms. The zero-order chi connectivity index (χ0) is 11.5. The van der Waals surface area contributed by atoms with Gasteiger partial charge in [0, 0.05) is 22.7 Å². The van der Waals surface area contributed by atoms with Gasteiger partial charge in [0.25, 0.3) is 0 Å². The van der Waals surface area contributed by atoms with Crippen LogP contribution in [0.25, 0.3) is 10.9 Å². The monoisotopic (exact) mass is 279 g/mol. The molecule has 2 heteroatoms. The Hall–Kier alpha value is -0.760. The number of halogens is 1. The van der Waals surface area contributed by atoms with Crippen molar-refractivity contribution in [1.82, 2.24) is 4.57 Å². The molecule has 0 atom stereocenters. The van der Waals surface area contributed by atoms with Crippen molar-refractivity contribution in [1.29, 1.82) is 0 Å². The first kappa shape index (κ1) is 11.7. The minimum atomic E-state index is 0.787. The maximum absolute atomic E-state index is 3.54. The lowest BCUT2D eigenvalue weighted by Gasteiger charge is -2.14. The third-order valence-electron chi connectivity index (χ3n) is 3.35. The Morgan fingerprint density at radius 3 is 2.62 bits per heavy atom. The van der Waals surface area contributed by atoms with Gasteiger partial charge in [-0.2, -0.15) is 0 Å². The van der Waals surface area contributed by atoms with Gasteiger partial charge in [0.1, 0.15) is 0 Å². The van der Waals surface area contributed by atoms with Crippen LogP contribution in [0.4, 0.5) is 0 Å². The minimum absolute atomic E-state index is 0.787. The van der Waals surface area contributed by atoms with Crippen LogP contribution in [-0.2, 0) is 6.54 Å². The molecule has 0 aliphatic rings. The van der Waals surface area contributed by atoms with Crippen molar-refractivity contribution in [3.05, 3.63) is 34.9 Å². The summed E-state index contributed by atoms with van der Waals surface area (Å²) in [4.78, 5) is 0. The highest BCUT2D eigenvalue weighted by Crippen LogP contribution is 2.22. The second-order valence-corrected chi connectivity index (χ2v) is 5.27. The summed E-state index contributed by atoms with van der Waals surface area (Å²) in [6.45, 7) is 5.68. The zero-order valence-electron chi connectivity index (χ0n) is 9.91. The van der Waals surface area contributed by atoms with Gasteiger partial charge in [0.15, 0.2) is 0 Å². The number of rotatable bonds is 4. The SMILES string of the molecule is CCC(CC)Cn1ccc2ccc(Br)cc21. The summed E-state index contributed by atoms with van der Waals surface area (Å²) in [6, 6.07) is 8.68. The molecule has 0 N–H and O–H groups in total. The normalized spacial score (nSPS) is 11.5. The van der Waals surface area contributed by atoms with Crippen molar-refractivity contribution in [2.24, 2.45) is 5.92 Å². The van der Waals surface area contributed by atoms with Crippen LogP contribution < -0.4 is 0 Å². The van der Waals surface area contributed by atoms with E-state index in [0.717, 1.165) is 16.9 Å². The number of fused-ring (bicyclic) bond motifs is 1. The lowest BCUT2D eigenvalue weighted by Crippen LogP contribution is -2.07. The predicted octanol–water partition coefficient (Wildman–Crippen LogP) is 4.84. The molecule has 2 aromatic rings. The van der Waals surface area contributed by atoms with E-state index in [0.29, 0.717) is 0 Å². The lowest BCUT2D eigenvalue weighted by atomic mass is 10.0. The molecule has 2 rings (SSSR count). The fraction of sp³-hybridized carbons (Fsp3) is 0.429. The van der Waals surface area contributed by atoms with Crippen molar-refractivity contribution in [2.45, 2.75) is 33.2 Å². The molecule has 1 heterocycles. The summed E-state index contributed by atoms with van der Waals surface area (Å²) in [5.41, 5.74) is 1.33. The van der Waals surface area contributed by atoms with Gasteiger partial charge in [0.05, 0.1) is 0 Å². The van der Waals surface area contributed by atoms with Gasteiger partial charge in [-0.25, -0.2) is 0 Å². The maximum Gasteiger partial charge on any atom is 0.0491 e. The molecule has 86 valence electrons. The second-order valence-electron chi connectivity index (χ2n) is 4.35. The number of nitrogens with zero attached hydrogens (tertiary/aromatic N) is 1. The van der Waals surface area contributed by atoms with E-state index in [1.807, 2.05) is 0 Å². The first-order valence-corrected chi connectivity index (χ1v) is 6.78. The molecule has 16 heavy (non-hydrogen) atoms. The molecule has 0 amide bonds.